The summed E-state index contributed by atoms with van der Waals surface area (Å²) < 4.78 is 2.24. The van der Waals surface area contributed by atoms with Crippen molar-refractivity contribution in [3.63, 3.8) is 0 Å². The van der Waals surface area contributed by atoms with Crippen LogP contribution >= 0.6 is 0 Å². The lowest BCUT2D eigenvalue weighted by atomic mass is 10.2. The quantitative estimate of drug-likeness (QED) is 0.850. The van der Waals surface area contributed by atoms with Gasteiger partial charge in [0.25, 0.3) is 0 Å². The fourth-order valence-electron chi connectivity index (χ4n) is 2.13. The maximum absolute atomic E-state index is 9.55. The molecular weight excluding hydrogens is 212 g/mol. The van der Waals surface area contributed by atoms with Crippen molar-refractivity contribution in [2.24, 2.45) is 0 Å². The number of hydrogen-bond acceptors (Lipinski definition) is 2. The molecule has 0 atom stereocenters. The van der Waals surface area contributed by atoms with Gasteiger partial charge < -0.3 is 15.0 Å². The van der Waals surface area contributed by atoms with Crippen molar-refractivity contribution < 1.29 is 5.11 Å². The number of aromatic nitrogens is 1. The molecule has 0 spiro atoms. The Balaban J connectivity index is 2.41. The summed E-state index contributed by atoms with van der Waals surface area (Å²) in [6.07, 6.45) is 0. The first-order chi connectivity index (χ1) is 8.11. The zero-order valence-corrected chi connectivity index (χ0v) is 10.7. The van der Waals surface area contributed by atoms with E-state index in [0.29, 0.717) is 11.8 Å². The third-order valence-corrected chi connectivity index (χ3v) is 2.98. The number of phenolic OH excluding ortho intramolecular Hbond substituents is 1. The highest BCUT2D eigenvalue weighted by molar-refractivity contribution is 5.82. The van der Waals surface area contributed by atoms with Gasteiger partial charge in [0.05, 0.1) is 5.52 Å². The summed E-state index contributed by atoms with van der Waals surface area (Å²) in [6.45, 7) is 8.20. The van der Waals surface area contributed by atoms with E-state index in [-0.39, 0.29) is 0 Å². The molecule has 92 valence electrons. The van der Waals surface area contributed by atoms with Crippen LogP contribution in [0, 0.1) is 0 Å². The van der Waals surface area contributed by atoms with Crippen LogP contribution in [0.5, 0.6) is 5.75 Å². The molecule has 3 nitrogen and oxygen atoms in total. The van der Waals surface area contributed by atoms with E-state index in [2.05, 4.69) is 36.7 Å². The SMILES string of the molecule is CCn1c(CNC(C)C)cc2ccc(O)cc21. The molecule has 1 aromatic carbocycles. The Morgan fingerprint density at radius 2 is 2.06 bits per heavy atom. The first kappa shape index (κ1) is 12.0. The molecule has 0 radical (unpaired) electrons. The normalized spacial score (nSPS) is 11.5. The molecule has 0 saturated carbocycles. The zero-order chi connectivity index (χ0) is 12.4. The zero-order valence-electron chi connectivity index (χ0n) is 10.7. The van der Waals surface area contributed by atoms with Gasteiger partial charge in [0, 0.05) is 36.3 Å². The van der Waals surface area contributed by atoms with E-state index in [0.717, 1.165) is 18.6 Å². The molecule has 0 aliphatic rings. The van der Waals surface area contributed by atoms with Crippen LogP contribution in [0.3, 0.4) is 0 Å². The lowest BCUT2D eigenvalue weighted by Crippen LogP contribution is -2.23. The maximum Gasteiger partial charge on any atom is 0.117 e. The molecular formula is C14H20N2O. The summed E-state index contributed by atoms with van der Waals surface area (Å²) in [7, 11) is 0. The predicted molar refractivity (Wildman–Crippen MR) is 71.3 cm³/mol. The van der Waals surface area contributed by atoms with E-state index in [1.54, 1.807) is 6.07 Å². The van der Waals surface area contributed by atoms with Crippen molar-refractivity contribution in [2.75, 3.05) is 0 Å². The second kappa shape index (κ2) is 4.80. The summed E-state index contributed by atoms with van der Waals surface area (Å²) >= 11 is 0. The first-order valence-electron chi connectivity index (χ1n) is 6.16. The molecule has 0 amide bonds. The highest BCUT2D eigenvalue weighted by Crippen LogP contribution is 2.24. The number of hydrogen-bond donors (Lipinski definition) is 2. The monoisotopic (exact) mass is 232 g/mol. The summed E-state index contributed by atoms with van der Waals surface area (Å²) in [4.78, 5) is 0. The van der Waals surface area contributed by atoms with Gasteiger partial charge in [0.1, 0.15) is 5.75 Å². The molecule has 0 aliphatic carbocycles. The fourth-order valence-corrected chi connectivity index (χ4v) is 2.13. The van der Waals surface area contributed by atoms with E-state index >= 15 is 0 Å². The van der Waals surface area contributed by atoms with Crippen molar-refractivity contribution in [3.8, 4) is 5.75 Å². The summed E-state index contributed by atoms with van der Waals surface area (Å²) in [6, 6.07) is 8.20. The minimum absolute atomic E-state index is 0.327. The Labute approximate surface area is 102 Å². The van der Waals surface area contributed by atoms with Crippen LogP contribution < -0.4 is 5.32 Å². The smallest absolute Gasteiger partial charge is 0.117 e. The number of aryl methyl sites for hydroxylation is 1. The molecule has 0 bridgehead atoms. The standard InChI is InChI=1S/C14H20N2O/c1-4-16-12(9-15-10(2)3)7-11-5-6-13(17)8-14(11)16/h5-8,10,15,17H,4,9H2,1-3H3. The molecule has 2 N–H and O–H groups in total. The third-order valence-electron chi connectivity index (χ3n) is 2.98. The molecule has 2 aromatic rings. The van der Waals surface area contributed by atoms with E-state index in [9.17, 15) is 5.11 Å². The number of aromatic hydroxyl groups is 1. The Hall–Kier alpha value is -1.48. The van der Waals surface area contributed by atoms with Crippen molar-refractivity contribution >= 4 is 10.9 Å². The number of nitrogens with one attached hydrogen (secondary N) is 1. The van der Waals surface area contributed by atoms with Crippen molar-refractivity contribution in [3.05, 3.63) is 30.0 Å². The van der Waals surface area contributed by atoms with Crippen LogP contribution in [0.1, 0.15) is 26.5 Å². The van der Waals surface area contributed by atoms with Gasteiger partial charge in [-0.3, -0.25) is 0 Å². The molecule has 1 aromatic heterocycles. The van der Waals surface area contributed by atoms with Gasteiger partial charge in [-0.25, -0.2) is 0 Å². The lowest BCUT2D eigenvalue weighted by Gasteiger charge is -2.11. The predicted octanol–water partition coefficient (Wildman–Crippen LogP) is 2.86. The second-order valence-electron chi connectivity index (χ2n) is 4.66. The van der Waals surface area contributed by atoms with Crippen molar-refractivity contribution in [2.45, 2.75) is 39.9 Å². The topological polar surface area (TPSA) is 37.2 Å². The largest absolute Gasteiger partial charge is 0.508 e. The molecule has 2 rings (SSSR count). The van der Waals surface area contributed by atoms with Gasteiger partial charge in [-0.15, -0.1) is 0 Å². The molecule has 17 heavy (non-hydrogen) atoms. The molecule has 3 heteroatoms. The van der Waals surface area contributed by atoms with Gasteiger partial charge in [-0.2, -0.15) is 0 Å². The Morgan fingerprint density at radius 3 is 2.71 bits per heavy atom. The second-order valence-corrected chi connectivity index (χ2v) is 4.66. The number of fused-ring (bicyclic) bond motifs is 1. The minimum Gasteiger partial charge on any atom is -0.508 e. The highest BCUT2D eigenvalue weighted by atomic mass is 16.3. The van der Waals surface area contributed by atoms with E-state index in [4.69, 9.17) is 0 Å². The van der Waals surface area contributed by atoms with Crippen LogP contribution in [0.15, 0.2) is 24.3 Å². The van der Waals surface area contributed by atoms with E-state index in [1.165, 1.54) is 11.1 Å². The Kier molecular flexibility index (Phi) is 3.38. The van der Waals surface area contributed by atoms with E-state index < -0.39 is 0 Å². The molecule has 0 unspecified atom stereocenters. The molecule has 0 saturated heterocycles. The van der Waals surface area contributed by atoms with Crippen LogP contribution in [0.2, 0.25) is 0 Å². The lowest BCUT2D eigenvalue weighted by molar-refractivity contribution is 0.475. The van der Waals surface area contributed by atoms with Crippen LogP contribution in [-0.2, 0) is 13.1 Å². The fraction of sp³-hybridized carbons (Fsp3) is 0.429. The average Bonchev–Trinajstić information content (AvgIpc) is 2.63. The van der Waals surface area contributed by atoms with Crippen LogP contribution in [0.4, 0.5) is 0 Å². The van der Waals surface area contributed by atoms with Gasteiger partial charge in [0.15, 0.2) is 0 Å². The van der Waals surface area contributed by atoms with Gasteiger partial charge in [0.2, 0.25) is 0 Å². The molecule has 0 aliphatic heterocycles. The number of phenols is 1. The van der Waals surface area contributed by atoms with Gasteiger partial charge >= 0.3 is 0 Å². The first-order valence-corrected chi connectivity index (χ1v) is 6.16. The van der Waals surface area contributed by atoms with Crippen molar-refractivity contribution in [1.82, 2.24) is 9.88 Å². The highest BCUT2D eigenvalue weighted by Gasteiger charge is 2.08. The number of benzene rings is 1. The third kappa shape index (κ3) is 2.44. The Morgan fingerprint density at radius 1 is 1.29 bits per heavy atom. The van der Waals surface area contributed by atoms with Gasteiger partial charge in [-0.1, -0.05) is 13.8 Å². The van der Waals surface area contributed by atoms with Gasteiger partial charge in [-0.05, 0) is 25.1 Å². The summed E-state index contributed by atoms with van der Waals surface area (Å²) in [5.41, 5.74) is 2.37. The molecule has 1 heterocycles. The maximum atomic E-state index is 9.55. The van der Waals surface area contributed by atoms with Crippen LogP contribution in [-0.4, -0.2) is 15.7 Å². The summed E-state index contributed by atoms with van der Waals surface area (Å²) in [5, 5.41) is 14.2. The average molecular weight is 232 g/mol. The van der Waals surface area contributed by atoms with Crippen LogP contribution in [0.25, 0.3) is 10.9 Å². The number of rotatable bonds is 4. The van der Waals surface area contributed by atoms with E-state index in [1.807, 2.05) is 12.1 Å². The number of nitrogens with zero attached hydrogens (tertiary/aromatic N) is 1. The summed E-state index contributed by atoms with van der Waals surface area (Å²) in [5.74, 6) is 0.327. The Bertz CT molecular complexity index is 514. The minimum atomic E-state index is 0.327. The molecule has 0 fully saturated rings. The van der Waals surface area contributed by atoms with Crippen molar-refractivity contribution in [1.29, 1.82) is 0 Å².